The Kier molecular flexibility index (Phi) is 22.2. The van der Waals surface area contributed by atoms with Gasteiger partial charge in [-0.15, -0.1) is 0 Å². The average molecular weight is 1260 g/mol. The van der Waals surface area contributed by atoms with Gasteiger partial charge < -0.3 is 42.6 Å². The molecule has 3 fully saturated rings. The van der Waals surface area contributed by atoms with Crippen LogP contribution in [-0.4, -0.2) is 125 Å². The van der Waals surface area contributed by atoms with Gasteiger partial charge in [-0.2, -0.15) is 0 Å². The van der Waals surface area contributed by atoms with Crippen molar-refractivity contribution in [2.24, 2.45) is 16.7 Å². The number of aliphatic hydroxyl groups is 1. The topological polar surface area (TPSA) is 182 Å². The van der Waals surface area contributed by atoms with E-state index in [2.05, 4.69) is 99.5 Å². The summed E-state index contributed by atoms with van der Waals surface area (Å²) in [7, 11) is -8.22. The molecule has 11 atom stereocenters. The lowest BCUT2D eigenvalue weighted by molar-refractivity contribution is -0.346. The van der Waals surface area contributed by atoms with Crippen molar-refractivity contribution < 1.29 is 61.3 Å². The number of esters is 3. The van der Waals surface area contributed by atoms with Gasteiger partial charge in [-0.1, -0.05) is 138 Å². The molecule has 19 heteroatoms. The van der Waals surface area contributed by atoms with Gasteiger partial charge in [0, 0.05) is 48.7 Å². The van der Waals surface area contributed by atoms with Crippen LogP contribution in [-0.2, 0) is 56.2 Å². The fourth-order valence-corrected chi connectivity index (χ4v) is 20.3. The summed E-state index contributed by atoms with van der Waals surface area (Å²) in [5, 5.41) is 18.6. The quantitative estimate of drug-likeness (QED) is 0.0223. The number of fused-ring (bicyclic) bond motifs is 5. The van der Waals surface area contributed by atoms with Gasteiger partial charge in [0.25, 0.3) is 0 Å². The molecule has 1 aromatic rings. The predicted octanol–water partition coefficient (Wildman–Crippen LogP) is 12.4. The van der Waals surface area contributed by atoms with Crippen molar-refractivity contribution in [3.63, 3.8) is 0 Å². The van der Waals surface area contributed by atoms with Gasteiger partial charge in [0.2, 0.25) is 5.91 Å². The number of benzene rings is 1. The van der Waals surface area contributed by atoms with Gasteiger partial charge in [-0.25, -0.2) is 4.79 Å². The number of amides is 1. The Balaban J connectivity index is 1.90. The van der Waals surface area contributed by atoms with Crippen LogP contribution in [0.4, 0.5) is 0 Å². The lowest BCUT2D eigenvalue weighted by atomic mass is 9.44. The number of hydrogen-bond acceptors (Lipinski definition) is 13. The molecular weight excluding hydrogens is 1160 g/mol. The molecule has 2 bridgehead atoms. The van der Waals surface area contributed by atoms with Crippen LogP contribution in [0.15, 0.2) is 41.5 Å². The molecule has 3 aliphatic carbocycles. The highest BCUT2D eigenvalue weighted by Crippen LogP contribution is 2.65. The maximum Gasteiger partial charge on any atom is 0.337 e. The molecule has 0 aromatic heterocycles. The number of ether oxygens (including phenoxy) is 4. The van der Waals surface area contributed by atoms with Crippen molar-refractivity contribution in [2.45, 2.75) is 250 Å². The highest BCUT2D eigenvalue weighted by Gasteiger charge is 2.79. The predicted molar refractivity (Wildman–Crippen MR) is 315 cm³/mol. The first kappa shape index (κ1) is 65.7. The van der Waals surface area contributed by atoms with Crippen LogP contribution in [0.2, 0.25) is 54.4 Å². The largest absolute Gasteiger partial charge is 0.459 e. The Labute approximate surface area is 481 Å². The minimum Gasteiger partial charge on any atom is -0.459 e. The summed E-state index contributed by atoms with van der Waals surface area (Å²) in [5.74, 6) is -3.82. The normalized spacial score (nSPS) is 29.2. The molecule has 14 nitrogen and oxygen atoms in total. The van der Waals surface area contributed by atoms with Crippen LogP contribution < -0.4 is 5.32 Å². The molecule has 1 aromatic carbocycles. The first-order valence-corrected chi connectivity index (χ1v) is 38.9. The Morgan fingerprint density at radius 2 is 1.42 bits per heavy atom. The van der Waals surface area contributed by atoms with E-state index in [1.54, 1.807) is 0 Å². The molecule has 1 amide bonds. The smallest absolute Gasteiger partial charge is 0.337 e. The molecule has 436 valence electrons. The molecule has 0 spiro atoms. The van der Waals surface area contributed by atoms with Crippen LogP contribution in [0, 0.1) is 16.7 Å². The highest BCUT2D eigenvalue weighted by molar-refractivity contribution is 9.09. The number of rotatable bonds is 26. The lowest BCUT2D eigenvalue weighted by Crippen LogP contribution is -2.82. The molecule has 0 unspecified atom stereocenters. The van der Waals surface area contributed by atoms with Crippen molar-refractivity contribution >= 4 is 86.4 Å². The summed E-state index contributed by atoms with van der Waals surface area (Å²) < 4.78 is 49.1. The van der Waals surface area contributed by atoms with E-state index in [9.17, 15) is 19.5 Å². The summed E-state index contributed by atoms with van der Waals surface area (Å²) in [6, 6.07) is 12.7. The monoisotopic (exact) mass is 1260 g/mol. The number of halogens is 2. The number of ketones is 1. The van der Waals surface area contributed by atoms with E-state index in [-0.39, 0.29) is 49.0 Å². The fraction of sp³-hybridized carbons (Fsp3) is 0.776. The zero-order chi connectivity index (χ0) is 57.7. The Morgan fingerprint density at radius 1 is 0.844 bits per heavy atom. The minimum absolute atomic E-state index is 0.0216. The van der Waals surface area contributed by atoms with Crippen LogP contribution in [0.1, 0.15) is 153 Å². The van der Waals surface area contributed by atoms with Gasteiger partial charge in [0.1, 0.15) is 30.0 Å². The molecular formula is C58H95Br2NO13Si3. The van der Waals surface area contributed by atoms with Crippen LogP contribution in [0.5, 0.6) is 0 Å². The summed E-state index contributed by atoms with van der Waals surface area (Å²) >= 11 is 6.96. The number of hydrogen-bond donors (Lipinski definition) is 2. The van der Waals surface area contributed by atoms with E-state index in [0.29, 0.717) is 53.0 Å². The Hall–Kier alpha value is -2.08. The lowest BCUT2D eigenvalue weighted by Gasteiger charge is -2.68. The van der Waals surface area contributed by atoms with E-state index < -0.39 is 113 Å². The van der Waals surface area contributed by atoms with Crippen molar-refractivity contribution in [1.29, 1.82) is 0 Å². The van der Waals surface area contributed by atoms with Crippen molar-refractivity contribution in [3.8, 4) is 0 Å². The summed E-state index contributed by atoms with van der Waals surface area (Å²) in [6.07, 6.45) is -5.12. The second kappa shape index (κ2) is 26.0. The van der Waals surface area contributed by atoms with Gasteiger partial charge in [0.05, 0.1) is 30.1 Å². The summed E-state index contributed by atoms with van der Waals surface area (Å²) in [6.45, 7) is 31.6. The summed E-state index contributed by atoms with van der Waals surface area (Å²) in [4.78, 5) is 75.2. The third-order valence-electron chi connectivity index (χ3n) is 19.3. The standard InChI is InChI=1S/C58H95Br2NO13Si3/c1-17-76(18-2,19-3)72-42-35-43-57(37-68-43,71-39(8)62)50-52(70-45(64)32-28-34-60)58(67)36-41(38(7)46(55(58,12)13)48(51(65)56(42,50)14)74-77(20-4,21-5)22-6)69-53(66)49(73-75(15,16)54(9,10)11)47(40-29-24-23-25-30-40)61-44(63)31-26-27-33-59/h23-25,29-30,41-43,47-50,52,67H,17-22,26-28,31-37H2,1-16H3,(H,61,63)/t41-,42-,43+,47-,48+,49+,50-,52-,56+,57-,58+/m0/s1. The molecule has 2 N–H and O–H groups in total. The van der Waals surface area contributed by atoms with E-state index in [1.165, 1.54) is 6.92 Å². The van der Waals surface area contributed by atoms with E-state index in [1.807, 2.05) is 71.1 Å². The van der Waals surface area contributed by atoms with Crippen molar-refractivity contribution in [3.05, 3.63) is 47.0 Å². The number of unbranched alkanes of at least 4 members (excludes halogenated alkanes) is 1. The van der Waals surface area contributed by atoms with Gasteiger partial charge in [0.15, 0.2) is 42.4 Å². The molecule has 5 rings (SSSR count). The second-order valence-electron chi connectivity index (χ2n) is 24.7. The zero-order valence-corrected chi connectivity index (χ0v) is 55.6. The molecule has 1 heterocycles. The van der Waals surface area contributed by atoms with Gasteiger partial charge >= 0.3 is 17.9 Å². The SMILES string of the molecule is CC[Si](CC)(CC)O[C@H]1C(=O)[C@]2(C)[C@@H](O[Si](CC)(CC)CC)C[C@H]3OC[C@@]3(OC(C)=O)[C@H]2[C@H](OC(=O)CCCBr)[C@]2(O)C[C@H](OC(=O)[C@H](O[Si](C)(C)C(C)(C)C)[C@@H](NC(=O)CCCCBr)c3ccccc3)C(C)=C1C2(C)C. The van der Waals surface area contributed by atoms with Crippen molar-refractivity contribution in [2.75, 3.05) is 17.3 Å². The first-order chi connectivity index (χ1) is 36.0. The fourth-order valence-electron chi connectivity index (χ4n) is 12.8. The summed E-state index contributed by atoms with van der Waals surface area (Å²) in [5.41, 5.74) is -5.15. The highest BCUT2D eigenvalue weighted by atomic mass is 79.9. The molecule has 1 saturated heterocycles. The Bertz CT molecular complexity index is 2250. The number of Topliss-reactive ketones (excluding diaryl/α,β-unsaturated/α-hetero) is 1. The van der Waals surface area contributed by atoms with E-state index in [4.69, 9.17) is 32.2 Å². The van der Waals surface area contributed by atoms with Crippen molar-refractivity contribution in [1.82, 2.24) is 5.32 Å². The third-order valence-corrected chi connectivity index (χ3v) is 34.1. The third kappa shape index (κ3) is 12.9. The molecule has 4 aliphatic rings. The van der Waals surface area contributed by atoms with Crippen LogP contribution in [0.3, 0.4) is 0 Å². The van der Waals surface area contributed by atoms with E-state index >= 15 is 9.59 Å². The van der Waals surface area contributed by atoms with E-state index in [0.717, 1.165) is 29.9 Å². The first-order valence-electron chi connectivity index (χ1n) is 28.7. The molecule has 77 heavy (non-hydrogen) atoms. The molecule has 1 aliphatic heterocycles. The number of carbonyl (C=O) groups excluding carboxylic acids is 5. The molecule has 0 radical (unpaired) electrons. The van der Waals surface area contributed by atoms with Gasteiger partial charge in [-0.3, -0.25) is 19.2 Å². The maximum atomic E-state index is 17.1. The van der Waals surface area contributed by atoms with Crippen LogP contribution in [0.25, 0.3) is 0 Å². The average Bonchev–Trinajstić information content (AvgIpc) is 3.37. The minimum atomic E-state index is -2.86. The van der Waals surface area contributed by atoms with Crippen LogP contribution >= 0.6 is 31.9 Å². The second-order valence-corrected chi connectivity index (χ2v) is 40.5. The maximum absolute atomic E-state index is 17.1. The number of carbonyl (C=O) groups is 5. The van der Waals surface area contributed by atoms with Gasteiger partial charge in [-0.05, 0) is 104 Å². The molecule has 2 saturated carbocycles. The zero-order valence-electron chi connectivity index (χ0n) is 49.4. The Morgan fingerprint density at radius 3 is 1.92 bits per heavy atom. The number of alkyl halides is 2. The number of nitrogens with one attached hydrogen (secondary N) is 1.